The van der Waals surface area contributed by atoms with Crippen LogP contribution in [0.2, 0.25) is 0 Å². The number of carboxylic acids is 1. The van der Waals surface area contributed by atoms with Gasteiger partial charge in [0.2, 0.25) is 10.0 Å². The Labute approximate surface area is 121 Å². The highest BCUT2D eigenvalue weighted by atomic mass is 32.2. The molecule has 1 rings (SSSR count). The molecule has 2 unspecified atom stereocenters. The molecule has 0 aromatic carbocycles. The summed E-state index contributed by atoms with van der Waals surface area (Å²) >= 11 is 0. The summed E-state index contributed by atoms with van der Waals surface area (Å²) in [6.45, 7) is 6.62. The van der Waals surface area contributed by atoms with Gasteiger partial charge >= 0.3 is 5.97 Å². The Morgan fingerprint density at radius 2 is 2.15 bits per heavy atom. The van der Waals surface area contributed by atoms with Crippen LogP contribution in [0.3, 0.4) is 0 Å². The molecular weight excluding hydrogens is 280 g/mol. The number of aliphatic carboxylic acids is 1. The minimum atomic E-state index is -3.12. The van der Waals surface area contributed by atoms with Crippen LogP contribution in [-0.4, -0.2) is 67.2 Å². The third-order valence-corrected chi connectivity index (χ3v) is 5.21. The SMILES string of the molecule is CCN(CC1CCCN(S(C)(=O)=O)C1)C(C)CC(=O)O. The predicted octanol–water partition coefficient (Wildman–Crippen LogP) is 0.843. The fourth-order valence-electron chi connectivity index (χ4n) is 2.81. The fourth-order valence-corrected chi connectivity index (χ4v) is 3.75. The van der Waals surface area contributed by atoms with Gasteiger partial charge in [0.15, 0.2) is 0 Å². The molecule has 0 aromatic heterocycles. The Kier molecular flexibility index (Phi) is 6.42. The second-order valence-electron chi connectivity index (χ2n) is 5.66. The molecule has 1 fully saturated rings. The fraction of sp³-hybridized carbons (Fsp3) is 0.923. The Morgan fingerprint density at radius 1 is 1.50 bits per heavy atom. The van der Waals surface area contributed by atoms with Crippen LogP contribution in [0.4, 0.5) is 0 Å². The van der Waals surface area contributed by atoms with Crippen LogP contribution in [0.15, 0.2) is 0 Å². The average molecular weight is 306 g/mol. The van der Waals surface area contributed by atoms with Crippen molar-refractivity contribution < 1.29 is 18.3 Å². The van der Waals surface area contributed by atoms with Crippen molar-refractivity contribution in [1.29, 1.82) is 0 Å². The van der Waals surface area contributed by atoms with Gasteiger partial charge in [-0.05, 0) is 32.2 Å². The molecule has 20 heavy (non-hydrogen) atoms. The largest absolute Gasteiger partial charge is 0.481 e. The lowest BCUT2D eigenvalue weighted by atomic mass is 9.98. The van der Waals surface area contributed by atoms with Crippen LogP contribution < -0.4 is 0 Å². The summed E-state index contributed by atoms with van der Waals surface area (Å²) in [5.74, 6) is -0.507. The Bertz CT molecular complexity index is 424. The van der Waals surface area contributed by atoms with Crippen molar-refractivity contribution in [2.24, 2.45) is 5.92 Å². The van der Waals surface area contributed by atoms with E-state index < -0.39 is 16.0 Å². The van der Waals surface area contributed by atoms with Gasteiger partial charge in [0.05, 0.1) is 12.7 Å². The number of rotatable bonds is 7. The second-order valence-corrected chi connectivity index (χ2v) is 7.65. The molecule has 0 saturated carbocycles. The van der Waals surface area contributed by atoms with Crippen molar-refractivity contribution in [3.8, 4) is 0 Å². The number of carbonyl (C=O) groups is 1. The lowest BCUT2D eigenvalue weighted by Crippen LogP contribution is -2.45. The van der Waals surface area contributed by atoms with Crippen LogP contribution >= 0.6 is 0 Å². The standard InChI is InChI=1S/C13H26N2O4S/c1-4-14(11(2)8-13(16)17)9-12-6-5-7-15(10-12)20(3,18)19/h11-12H,4-10H2,1-3H3,(H,16,17). The van der Waals surface area contributed by atoms with Crippen LogP contribution in [0, 0.1) is 5.92 Å². The van der Waals surface area contributed by atoms with E-state index in [4.69, 9.17) is 5.11 Å². The van der Waals surface area contributed by atoms with Gasteiger partial charge in [-0.2, -0.15) is 0 Å². The Morgan fingerprint density at radius 3 is 2.65 bits per heavy atom. The monoisotopic (exact) mass is 306 g/mol. The quantitative estimate of drug-likeness (QED) is 0.754. The zero-order chi connectivity index (χ0) is 15.3. The van der Waals surface area contributed by atoms with Gasteiger partial charge in [0, 0.05) is 25.7 Å². The molecule has 0 radical (unpaired) electrons. The molecule has 0 amide bonds. The van der Waals surface area contributed by atoms with Crippen molar-refractivity contribution in [3.05, 3.63) is 0 Å². The van der Waals surface area contributed by atoms with Crippen LogP contribution in [-0.2, 0) is 14.8 Å². The lowest BCUT2D eigenvalue weighted by Gasteiger charge is -2.36. The van der Waals surface area contributed by atoms with Gasteiger partial charge in [-0.3, -0.25) is 4.79 Å². The normalized spacial score (nSPS) is 22.9. The second kappa shape index (κ2) is 7.38. The number of hydrogen-bond acceptors (Lipinski definition) is 4. The van der Waals surface area contributed by atoms with Crippen LogP contribution in [0.5, 0.6) is 0 Å². The summed E-state index contributed by atoms with van der Waals surface area (Å²) in [5.41, 5.74) is 0. The molecular formula is C13H26N2O4S. The molecule has 1 saturated heterocycles. The van der Waals surface area contributed by atoms with E-state index in [0.29, 0.717) is 13.1 Å². The van der Waals surface area contributed by atoms with Crippen LogP contribution in [0.1, 0.15) is 33.1 Å². The van der Waals surface area contributed by atoms with Crippen molar-refractivity contribution in [2.45, 2.75) is 39.2 Å². The first-order valence-electron chi connectivity index (χ1n) is 7.15. The summed E-state index contributed by atoms with van der Waals surface area (Å²) in [6.07, 6.45) is 3.25. The van der Waals surface area contributed by atoms with Crippen molar-refractivity contribution in [1.82, 2.24) is 9.21 Å². The summed E-state index contributed by atoms with van der Waals surface area (Å²) in [6, 6.07) is -0.0221. The third kappa shape index (κ3) is 5.38. The van der Waals surface area contributed by atoms with E-state index >= 15 is 0 Å². The molecule has 0 spiro atoms. The summed E-state index contributed by atoms with van der Waals surface area (Å²) in [5, 5.41) is 8.87. The van der Waals surface area contributed by atoms with Gasteiger partial charge < -0.3 is 10.0 Å². The first-order valence-corrected chi connectivity index (χ1v) is 8.99. The minimum absolute atomic E-state index is 0.0221. The zero-order valence-corrected chi connectivity index (χ0v) is 13.4. The molecule has 0 aliphatic carbocycles. The summed E-state index contributed by atoms with van der Waals surface area (Å²) < 4.78 is 24.7. The maximum absolute atomic E-state index is 11.6. The molecule has 7 heteroatoms. The summed E-state index contributed by atoms with van der Waals surface area (Å²) in [7, 11) is -3.12. The topological polar surface area (TPSA) is 77.9 Å². The molecule has 0 bridgehead atoms. The molecule has 6 nitrogen and oxygen atoms in total. The lowest BCUT2D eigenvalue weighted by molar-refractivity contribution is -0.138. The highest BCUT2D eigenvalue weighted by molar-refractivity contribution is 7.88. The number of carboxylic acid groups (broad SMARTS) is 1. The predicted molar refractivity (Wildman–Crippen MR) is 78.1 cm³/mol. The Balaban J connectivity index is 2.59. The molecule has 1 aliphatic heterocycles. The smallest absolute Gasteiger partial charge is 0.304 e. The van der Waals surface area contributed by atoms with E-state index in [1.165, 1.54) is 10.6 Å². The highest BCUT2D eigenvalue weighted by Gasteiger charge is 2.28. The van der Waals surface area contributed by atoms with E-state index in [2.05, 4.69) is 4.90 Å². The number of sulfonamides is 1. The number of piperidine rings is 1. The maximum Gasteiger partial charge on any atom is 0.304 e. The molecule has 1 aliphatic rings. The van der Waals surface area contributed by atoms with Crippen LogP contribution in [0.25, 0.3) is 0 Å². The van der Waals surface area contributed by atoms with Gasteiger partial charge in [-0.25, -0.2) is 12.7 Å². The third-order valence-electron chi connectivity index (χ3n) is 3.94. The first kappa shape index (κ1) is 17.4. The van der Waals surface area contributed by atoms with Crippen molar-refractivity contribution >= 4 is 16.0 Å². The summed E-state index contributed by atoms with van der Waals surface area (Å²) in [4.78, 5) is 12.9. The van der Waals surface area contributed by atoms with Crippen molar-refractivity contribution in [3.63, 3.8) is 0 Å². The zero-order valence-electron chi connectivity index (χ0n) is 12.6. The van der Waals surface area contributed by atoms with E-state index in [-0.39, 0.29) is 18.4 Å². The first-order chi connectivity index (χ1) is 9.24. The maximum atomic E-state index is 11.6. The average Bonchev–Trinajstić information content (AvgIpc) is 2.34. The van der Waals surface area contributed by atoms with Crippen molar-refractivity contribution in [2.75, 3.05) is 32.4 Å². The molecule has 2 atom stereocenters. The number of nitrogens with zero attached hydrogens (tertiary/aromatic N) is 2. The Hall–Kier alpha value is -0.660. The van der Waals surface area contributed by atoms with E-state index in [0.717, 1.165) is 25.9 Å². The molecule has 1 heterocycles. The molecule has 0 aromatic rings. The van der Waals surface area contributed by atoms with E-state index in [1.807, 2.05) is 13.8 Å². The van der Waals surface area contributed by atoms with Gasteiger partial charge in [0.1, 0.15) is 0 Å². The van der Waals surface area contributed by atoms with E-state index in [9.17, 15) is 13.2 Å². The molecule has 1 N–H and O–H groups in total. The van der Waals surface area contributed by atoms with Gasteiger partial charge in [-0.15, -0.1) is 0 Å². The number of hydrogen-bond donors (Lipinski definition) is 1. The minimum Gasteiger partial charge on any atom is -0.481 e. The van der Waals surface area contributed by atoms with Gasteiger partial charge in [0.25, 0.3) is 0 Å². The van der Waals surface area contributed by atoms with Gasteiger partial charge in [-0.1, -0.05) is 6.92 Å². The van der Waals surface area contributed by atoms with E-state index in [1.54, 1.807) is 0 Å². The molecule has 118 valence electrons. The highest BCUT2D eigenvalue weighted by Crippen LogP contribution is 2.21.